The van der Waals surface area contributed by atoms with Gasteiger partial charge in [-0.1, -0.05) is 18.2 Å². The van der Waals surface area contributed by atoms with Crippen molar-refractivity contribution in [2.24, 2.45) is 0 Å². The number of hydrogen-bond donors (Lipinski definition) is 1. The molecule has 0 aliphatic carbocycles. The maximum Gasteiger partial charge on any atom is 0.573 e. The highest BCUT2D eigenvalue weighted by Crippen LogP contribution is 2.37. The van der Waals surface area contributed by atoms with Crippen LogP contribution in [0.15, 0.2) is 77.7 Å². The van der Waals surface area contributed by atoms with Crippen molar-refractivity contribution in [1.82, 2.24) is 5.06 Å². The van der Waals surface area contributed by atoms with Gasteiger partial charge in [-0.15, -0.1) is 13.2 Å². The average molecular weight is 549 g/mol. The average Bonchev–Trinajstić information content (AvgIpc) is 2.82. The standard InChI is InChI=1S/C23H17F6NO6S/c24-22(25,26)20-4-2-1-3-19(20)21(30(32)14-31)13-37(33,34)18-11-9-16(10-12-18)35-15-5-7-17(8-6-15)36-23(27,28)29/h1-12,14,21,32H,13H2. The molecule has 0 aliphatic heterocycles. The molecule has 0 saturated carbocycles. The third kappa shape index (κ3) is 7.36. The number of rotatable bonds is 9. The molecule has 0 spiro atoms. The van der Waals surface area contributed by atoms with Crippen molar-refractivity contribution in [2.45, 2.75) is 23.5 Å². The van der Waals surface area contributed by atoms with Gasteiger partial charge in [0.1, 0.15) is 17.2 Å². The third-order valence-corrected chi connectivity index (χ3v) is 6.65. The molecule has 3 aromatic rings. The molecule has 37 heavy (non-hydrogen) atoms. The summed E-state index contributed by atoms with van der Waals surface area (Å²) in [4.78, 5) is 10.8. The molecule has 1 amide bonds. The molecule has 198 valence electrons. The van der Waals surface area contributed by atoms with Gasteiger partial charge in [0.25, 0.3) is 0 Å². The smallest absolute Gasteiger partial charge is 0.457 e. The number of halogens is 6. The molecule has 3 aromatic carbocycles. The van der Waals surface area contributed by atoms with Gasteiger partial charge in [-0.2, -0.15) is 13.2 Å². The highest BCUT2D eigenvalue weighted by molar-refractivity contribution is 7.91. The summed E-state index contributed by atoms with van der Waals surface area (Å²) in [5, 5.41) is 9.76. The van der Waals surface area contributed by atoms with Crippen LogP contribution in [0, 0.1) is 0 Å². The van der Waals surface area contributed by atoms with E-state index in [-0.39, 0.29) is 27.9 Å². The van der Waals surface area contributed by atoms with Crippen LogP contribution in [0.25, 0.3) is 0 Å². The molecule has 0 radical (unpaired) electrons. The lowest BCUT2D eigenvalue weighted by molar-refractivity contribution is -0.274. The number of alkyl halides is 6. The Morgan fingerprint density at radius 2 is 1.35 bits per heavy atom. The minimum absolute atomic E-state index is 0.0964. The van der Waals surface area contributed by atoms with Crippen LogP contribution in [0.5, 0.6) is 17.2 Å². The summed E-state index contributed by atoms with van der Waals surface area (Å²) in [5.41, 5.74) is -1.84. The molecule has 1 N–H and O–H groups in total. The molecular weight excluding hydrogens is 532 g/mol. The number of hydroxylamine groups is 2. The molecule has 1 unspecified atom stereocenters. The first-order chi connectivity index (χ1) is 17.2. The Bertz CT molecular complexity index is 1330. The van der Waals surface area contributed by atoms with Gasteiger partial charge in [0.05, 0.1) is 22.3 Å². The van der Waals surface area contributed by atoms with Gasteiger partial charge in [-0.3, -0.25) is 10.0 Å². The number of sulfone groups is 1. The van der Waals surface area contributed by atoms with Crippen LogP contribution in [-0.2, 0) is 20.8 Å². The Labute approximate surface area is 206 Å². The quantitative estimate of drug-likeness (QED) is 0.158. The highest BCUT2D eigenvalue weighted by Gasteiger charge is 2.38. The number of ether oxygens (including phenoxy) is 2. The minimum atomic E-state index is -4.88. The lowest BCUT2D eigenvalue weighted by Crippen LogP contribution is -2.31. The van der Waals surface area contributed by atoms with Crippen molar-refractivity contribution in [2.75, 3.05) is 5.75 Å². The summed E-state index contributed by atoms with van der Waals surface area (Å²) in [6, 6.07) is 11.0. The van der Waals surface area contributed by atoms with Gasteiger partial charge in [0.15, 0.2) is 9.84 Å². The molecule has 0 aromatic heterocycles. The molecule has 3 rings (SSSR count). The molecule has 0 saturated heterocycles. The minimum Gasteiger partial charge on any atom is -0.457 e. The van der Waals surface area contributed by atoms with E-state index in [1.54, 1.807) is 0 Å². The van der Waals surface area contributed by atoms with Crippen LogP contribution in [0.4, 0.5) is 26.3 Å². The zero-order valence-corrected chi connectivity index (χ0v) is 19.2. The van der Waals surface area contributed by atoms with E-state index in [1.807, 2.05) is 0 Å². The predicted molar refractivity (Wildman–Crippen MR) is 116 cm³/mol. The summed E-state index contributed by atoms with van der Waals surface area (Å²) < 4.78 is 112. The van der Waals surface area contributed by atoms with Crippen molar-refractivity contribution in [3.05, 3.63) is 83.9 Å². The fourth-order valence-corrected chi connectivity index (χ4v) is 4.78. The Balaban J connectivity index is 1.80. The van der Waals surface area contributed by atoms with E-state index in [4.69, 9.17) is 4.74 Å². The lowest BCUT2D eigenvalue weighted by Gasteiger charge is -2.25. The Hall–Kier alpha value is -3.78. The van der Waals surface area contributed by atoms with Crippen LogP contribution < -0.4 is 9.47 Å². The largest absolute Gasteiger partial charge is 0.573 e. The number of carbonyl (C=O) groups excluding carboxylic acids is 1. The van der Waals surface area contributed by atoms with Gasteiger partial charge in [0, 0.05) is 0 Å². The van der Waals surface area contributed by atoms with Gasteiger partial charge in [0.2, 0.25) is 6.41 Å². The van der Waals surface area contributed by atoms with E-state index in [0.717, 1.165) is 36.4 Å². The summed E-state index contributed by atoms with van der Waals surface area (Å²) in [7, 11) is -4.34. The fraction of sp³-hybridized carbons (Fsp3) is 0.174. The first-order valence-corrected chi connectivity index (χ1v) is 11.8. The Morgan fingerprint density at radius 3 is 1.86 bits per heavy atom. The van der Waals surface area contributed by atoms with E-state index in [1.165, 1.54) is 30.3 Å². The first kappa shape index (κ1) is 27.8. The van der Waals surface area contributed by atoms with Crippen LogP contribution in [-0.4, -0.2) is 37.2 Å². The normalized spacial score (nSPS) is 13.1. The van der Waals surface area contributed by atoms with Crippen molar-refractivity contribution in [1.29, 1.82) is 0 Å². The Morgan fingerprint density at radius 1 is 0.838 bits per heavy atom. The van der Waals surface area contributed by atoms with Crippen molar-refractivity contribution in [3.63, 3.8) is 0 Å². The second-order valence-corrected chi connectivity index (χ2v) is 9.49. The summed E-state index contributed by atoms with van der Waals surface area (Å²) >= 11 is 0. The molecular formula is C23H17F6NO6S. The van der Waals surface area contributed by atoms with Crippen LogP contribution in [0.3, 0.4) is 0 Å². The maximum absolute atomic E-state index is 13.4. The van der Waals surface area contributed by atoms with Crippen LogP contribution >= 0.6 is 0 Å². The van der Waals surface area contributed by atoms with Gasteiger partial charge < -0.3 is 9.47 Å². The van der Waals surface area contributed by atoms with Crippen LogP contribution in [0.2, 0.25) is 0 Å². The van der Waals surface area contributed by atoms with Gasteiger partial charge in [-0.05, 0) is 60.2 Å². The zero-order valence-electron chi connectivity index (χ0n) is 18.4. The number of amides is 1. The zero-order chi connectivity index (χ0) is 27.4. The molecule has 0 aliphatic rings. The second-order valence-electron chi connectivity index (χ2n) is 7.46. The topological polar surface area (TPSA) is 93.1 Å². The monoisotopic (exact) mass is 549 g/mol. The number of hydrogen-bond acceptors (Lipinski definition) is 6. The van der Waals surface area contributed by atoms with Crippen molar-refractivity contribution < 1.29 is 54.2 Å². The molecule has 0 heterocycles. The van der Waals surface area contributed by atoms with Crippen LogP contribution in [0.1, 0.15) is 17.2 Å². The van der Waals surface area contributed by atoms with Gasteiger partial charge in [-0.25, -0.2) is 13.5 Å². The summed E-state index contributed by atoms with van der Waals surface area (Å²) in [5.74, 6) is -1.35. The van der Waals surface area contributed by atoms with Gasteiger partial charge >= 0.3 is 12.5 Å². The van der Waals surface area contributed by atoms with E-state index in [0.29, 0.717) is 6.07 Å². The predicted octanol–water partition coefficient (Wildman–Crippen LogP) is 5.76. The summed E-state index contributed by atoms with van der Waals surface area (Å²) in [6.45, 7) is 0. The van der Waals surface area contributed by atoms with E-state index < -0.39 is 51.0 Å². The SMILES string of the molecule is O=CN(O)C(CS(=O)(=O)c1ccc(Oc2ccc(OC(F)(F)F)cc2)cc1)c1ccccc1C(F)(F)F. The van der Waals surface area contributed by atoms with E-state index in [9.17, 15) is 44.8 Å². The molecule has 14 heteroatoms. The second kappa shape index (κ2) is 10.7. The molecule has 1 atom stereocenters. The molecule has 0 bridgehead atoms. The lowest BCUT2D eigenvalue weighted by atomic mass is 10.0. The number of benzene rings is 3. The van der Waals surface area contributed by atoms with Crippen molar-refractivity contribution in [3.8, 4) is 17.2 Å². The number of carbonyl (C=O) groups is 1. The fourth-order valence-electron chi connectivity index (χ4n) is 3.29. The third-order valence-electron chi connectivity index (χ3n) is 4.91. The molecule has 0 fully saturated rings. The Kier molecular flexibility index (Phi) is 8.03. The van der Waals surface area contributed by atoms with E-state index >= 15 is 0 Å². The van der Waals surface area contributed by atoms with Crippen molar-refractivity contribution >= 4 is 16.2 Å². The highest BCUT2D eigenvalue weighted by atomic mass is 32.2. The summed E-state index contributed by atoms with van der Waals surface area (Å²) in [6.07, 6.45) is -9.94. The maximum atomic E-state index is 13.4. The first-order valence-electron chi connectivity index (χ1n) is 10.1. The van der Waals surface area contributed by atoms with E-state index in [2.05, 4.69) is 4.74 Å². The number of nitrogens with zero attached hydrogens (tertiary/aromatic N) is 1. The molecule has 7 nitrogen and oxygen atoms in total.